The van der Waals surface area contributed by atoms with Gasteiger partial charge in [0.2, 0.25) is 0 Å². The first kappa shape index (κ1) is 24.4. The number of anilines is 1. The van der Waals surface area contributed by atoms with Crippen LogP contribution in [-0.4, -0.2) is 66.6 Å². The molecule has 1 aromatic carbocycles. The van der Waals surface area contributed by atoms with Crippen LogP contribution in [0.25, 0.3) is 5.70 Å². The van der Waals surface area contributed by atoms with Crippen LogP contribution in [0.1, 0.15) is 30.5 Å². The van der Waals surface area contributed by atoms with Gasteiger partial charge in [-0.25, -0.2) is 28.0 Å². The lowest BCUT2D eigenvalue weighted by molar-refractivity contribution is -0.531. The first-order chi connectivity index (χ1) is 16.8. The molecule has 2 aliphatic rings. The number of benzene rings is 1. The van der Waals surface area contributed by atoms with Crippen LogP contribution in [0.3, 0.4) is 0 Å². The molecule has 0 radical (unpaired) electrons. The van der Waals surface area contributed by atoms with Gasteiger partial charge in [0.1, 0.15) is 23.1 Å². The maximum Gasteiger partial charge on any atom is 0.341 e. The third-order valence-electron chi connectivity index (χ3n) is 6.23. The standard InChI is InChI=1S/C24H26F3N7O/c1-15(13-28)23(29-2)19-12-22(30-14-20(19)27)32-5-7-33(8-6-32)24(35)34-21(3-4-31-34)16-9-17(25)11-18(26)10-16/h4,9-14,21,28-29H,3,5-8H2,1-2H3/p+1. The number of quaternary nitrogens is 1. The number of hydrazone groups is 1. The van der Waals surface area contributed by atoms with Gasteiger partial charge in [0.15, 0.2) is 5.82 Å². The van der Waals surface area contributed by atoms with E-state index in [1.54, 1.807) is 36.5 Å². The highest BCUT2D eigenvalue weighted by Crippen LogP contribution is 2.31. The number of pyridine rings is 1. The van der Waals surface area contributed by atoms with Gasteiger partial charge in [-0.15, -0.1) is 0 Å². The summed E-state index contributed by atoms with van der Waals surface area (Å²) < 4.78 is 41.9. The van der Waals surface area contributed by atoms with E-state index < -0.39 is 23.5 Å². The van der Waals surface area contributed by atoms with Crippen molar-refractivity contribution in [2.45, 2.75) is 19.4 Å². The van der Waals surface area contributed by atoms with Crippen LogP contribution in [0.15, 0.2) is 41.1 Å². The summed E-state index contributed by atoms with van der Waals surface area (Å²) >= 11 is 0. The second-order valence-corrected chi connectivity index (χ2v) is 8.41. The molecule has 0 spiro atoms. The minimum Gasteiger partial charge on any atom is -0.353 e. The molecule has 3 heterocycles. The molecule has 4 rings (SSSR count). The maximum atomic E-state index is 14.5. The molecule has 35 heavy (non-hydrogen) atoms. The molecule has 2 aliphatic heterocycles. The molecule has 3 N–H and O–H groups in total. The minimum absolute atomic E-state index is 0.340. The van der Waals surface area contributed by atoms with Crippen LogP contribution >= 0.6 is 0 Å². The van der Waals surface area contributed by atoms with Crippen molar-refractivity contribution in [2.75, 3.05) is 38.1 Å². The quantitative estimate of drug-likeness (QED) is 0.637. The smallest absolute Gasteiger partial charge is 0.341 e. The van der Waals surface area contributed by atoms with Crippen LogP contribution in [0.2, 0.25) is 0 Å². The lowest BCUT2D eigenvalue weighted by atomic mass is 10.0. The van der Waals surface area contributed by atoms with Crippen molar-refractivity contribution in [3.63, 3.8) is 0 Å². The number of amides is 2. The molecule has 0 bridgehead atoms. The summed E-state index contributed by atoms with van der Waals surface area (Å²) in [5.41, 5.74) is 1.99. The van der Waals surface area contributed by atoms with Crippen molar-refractivity contribution >= 4 is 30.0 Å². The molecule has 0 saturated carbocycles. The van der Waals surface area contributed by atoms with Gasteiger partial charge >= 0.3 is 6.03 Å². The largest absolute Gasteiger partial charge is 0.353 e. The van der Waals surface area contributed by atoms with Crippen molar-refractivity contribution < 1.29 is 23.3 Å². The Balaban J connectivity index is 1.46. The highest BCUT2D eigenvalue weighted by Gasteiger charge is 2.34. The maximum absolute atomic E-state index is 14.5. The predicted octanol–water partition coefficient (Wildman–Crippen LogP) is 2.75. The Kier molecular flexibility index (Phi) is 7.15. The molecular weight excluding hydrogens is 459 g/mol. The van der Waals surface area contributed by atoms with E-state index in [0.717, 1.165) is 6.07 Å². The van der Waals surface area contributed by atoms with Crippen molar-refractivity contribution in [3.05, 3.63) is 64.6 Å². The zero-order chi connectivity index (χ0) is 25.1. The van der Waals surface area contributed by atoms with E-state index in [0.29, 0.717) is 60.8 Å². The number of halogens is 3. The predicted molar refractivity (Wildman–Crippen MR) is 127 cm³/mol. The van der Waals surface area contributed by atoms with Crippen LogP contribution < -0.4 is 10.2 Å². The highest BCUT2D eigenvalue weighted by atomic mass is 19.1. The Hall–Kier alpha value is -3.73. The number of nitrogens with one attached hydrogen (secondary N) is 1. The van der Waals surface area contributed by atoms with Gasteiger partial charge < -0.3 is 20.5 Å². The number of carbonyl (C=O) groups excluding carboxylic acids is 1. The topological polar surface area (TPSA) is 92.5 Å². The van der Waals surface area contributed by atoms with Gasteiger partial charge in [-0.3, -0.25) is 0 Å². The zero-order valence-corrected chi connectivity index (χ0v) is 19.5. The summed E-state index contributed by atoms with van der Waals surface area (Å²) in [6.07, 6.45) is 4.30. The molecule has 11 heteroatoms. The van der Waals surface area contributed by atoms with Crippen molar-refractivity contribution in [1.29, 1.82) is 5.41 Å². The van der Waals surface area contributed by atoms with Crippen LogP contribution in [0.4, 0.5) is 23.8 Å². The summed E-state index contributed by atoms with van der Waals surface area (Å²) in [6, 6.07) is 3.98. The molecule has 1 aromatic heterocycles. The van der Waals surface area contributed by atoms with Crippen LogP contribution in [-0.2, 0) is 0 Å². The molecule has 184 valence electrons. The lowest BCUT2D eigenvalue weighted by Crippen LogP contribution is -2.76. The molecule has 1 atom stereocenters. The van der Waals surface area contributed by atoms with E-state index >= 15 is 0 Å². The lowest BCUT2D eigenvalue weighted by Gasteiger charge is -2.37. The molecule has 1 unspecified atom stereocenters. The average Bonchev–Trinajstić information content (AvgIpc) is 3.34. The molecular formula is C24H27F3N7O+. The molecule has 0 aliphatic carbocycles. The number of nitrogens with two attached hydrogens (primary N) is 1. The Morgan fingerprint density at radius 3 is 2.43 bits per heavy atom. The van der Waals surface area contributed by atoms with Crippen LogP contribution in [0.5, 0.6) is 0 Å². The second-order valence-electron chi connectivity index (χ2n) is 8.41. The fourth-order valence-corrected chi connectivity index (χ4v) is 4.39. The van der Waals surface area contributed by atoms with Gasteiger partial charge in [0.05, 0.1) is 24.8 Å². The summed E-state index contributed by atoms with van der Waals surface area (Å²) in [6.45, 7) is 3.45. The van der Waals surface area contributed by atoms with E-state index in [4.69, 9.17) is 5.41 Å². The van der Waals surface area contributed by atoms with Crippen molar-refractivity contribution in [1.82, 2.24) is 14.9 Å². The monoisotopic (exact) mass is 486 g/mol. The van der Waals surface area contributed by atoms with Gasteiger partial charge in [0.25, 0.3) is 0 Å². The summed E-state index contributed by atoms with van der Waals surface area (Å²) in [5, 5.41) is 14.7. The number of rotatable bonds is 5. The number of hydrogen-bond acceptors (Lipinski definition) is 5. The van der Waals surface area contributed by atoms with Crippen LogP contribution in [0, 0.1) is 22.9 Å². The van der Waals surface area contributed by atoms with Gasteiger partial charge in [-0.2, -0.15) is 5.10 Å². The first-order valence-corrected chi connectivity index (χ1v) is 11.3. The third kappa shape index (κ3) is 5.04. The van der Waals surface area contributed by atoms with Gasteiger partial charge in [-0.1, -0.05) is 0 Å². The molecule has 8 nitrogen and oxygen atoms in total. The SMILES string of the molecule is C[NH2+]C(=C(C)C=N)c1cc(N2CCN(C(=O)N3N=CCC3c3cc(F)cc(F)c3)CC2)ncc1F. The Morgan fingerprint density at radius 2 is 1.80 bits per heavy atom. The number of aromatic nitrogens is 1. The number of allylic oxidation sites excluding steroid dienone is 1. The van der Waals surface area contributed by atoms with E-state index in [2.05, 4.69) is 10.1 Å². The molecule has 2 amide bonds. The first-order valence-electron chi connectivity index (χ1n) is 11.3. The van der Waals surface area contributed by atoms with Gasteiger partial charge in [-0.05, 0) is 30.7 Å². The minimum atomic E-state index is -0.700. The Morgan fingerprint density at radius 1 is 1.11 bits per heavy atom. The number of piperazine rings is 1. The molecule has 1 fully saturated rings. The van der Waals surface area contributed by atoms with E-state index in [-0.39, 0.29) is 6.03 Å². The molecule has 2 aromatic rings. The van der Waals surface area contributed by atoms with E-state index in [9.17, 15) is 18.0 Å². The van der Waals surface area contributed by atoms with E-state index in [1.807, 2.05) is 4.90 Å². The summed E-state index contributed by atoms with van der Waals surface area (Å²) in [7, 11) is 1.79. The highest BCUT2D eigenvalue weighted by molar-refractivity contribution is 5.86. The number of hydrogen-bond donors (Lipinski definition) is 2. The average molecular weight is 487 g/mol. The molecule has 1 saturated heterocycles. The van der Waals surface area contributed by atoms with Crippen molar-refractivity contribution in [2.24, 2.45) is 5.10 Å². The second kappa shape index (κ2) is 10.3. The number of carbonyl (C=O) groups is 1. The summed E-state index contributed by atoms with van der Waals surface area (Å²) in [5.74, 6) is -1.29. The fraction of sp³-hybridized carbons (Fsp3) is 0.333. The van der Waals surface area contributed by atoms with Crippen molar-refractivity contribution in [3.8, 4) is 0 Å². The summed E-state index contributed by atoms with van der Waals surface area (Å²) in [4.78, 5) is 21.0. The fourth-order valence-electron chi connectivity index (χ4n) is 4.39. The Bertz CT molecular complexity index is 1170. The number of urea groups is 1. The number of nitrogens with zero attached hydrogens (tertiary/aromatic N) is 5. The van der Waals surface area contributed by atoms with E-state index in [1.165, 1.54) is 29.6 Å². The van der Waals surface area contributed by atoms with Gasteiger partial charge in [0, 0.05) is 56.7 Å². The Labute approximate surface area is 201 Å². The zero-order valence-electron chi connectivity index (χ0n) is 19.5. The normalized spacial score (nSPS) is 18.7. The third-order valence-corrected chi connectivity index (χ3v) is 6.23.